The van der Waals surface area contributed by atoms with E-state index in [0.29, 0.717) is 22.5 Å². The third-order valence-electron chi connectivity index (χ3n) is 5.93. The smallest absolute Gasteiger partial charge is 0.340 e. The summed E-state index contributed by atoms with van der Waals surface area (Å²) in [6.07, 6.45) is 0. The summed E-state index contributed by atoms with van der Waals surface area (Å²) in [5.41, 5.74) is 7.31. The van der Waals surface area contributed by atoms with E-state index in [0.717, 1.165) is 5.56 Å². The largest absolute Gasteiger partial charge is 0.465 e. The molecule has 5 rings (SSSR count). The second kappa shape index (κ2) is 6.94. The number of esters is 1. The first-order valence-electron chi connectivity index (χ1n) is 9.87. The summed E-state index contributed by atoms with van der Waals surface area (Å²) in [5.74, 6) is -1.67. The maximum absolute atomic E-state index is 14.3. The Kier molecular flexibility index (Phi) is 4.30. The molecule has 32 heavy (non-hydrogen) atoms. The molecule has 1 atom stereocenters. The van der Waals surface area contributed by atoms with Crippen molar-refractivity contribution in [2.45, 2.75) is 18.9 Å². The van der Waals surface area contributed by atoms with Crippen molar-refractivity contribution >= 4 is 17.6 Å². The second-order valence-electron chi connectivity index (χ2n) is 7.65. The van der Waals surface area contributed by atoms with E-state index in [4.69, 9.17) is 15.2 Å². The Hall–Kier alpha value is -4.14. The fourth-order valence-corrected chi connectivity index (χ4v) is 4.61. The monoisotopic (exact) mass is 434 g/mol. The highest BCUT2D eigenvalue weighted by molar-refractivity contribution is 6.18. The fraction of sp³-hybridized carbons (Fsp3) is 0.174. The molecule has 2 aliphatic heterocycles. The van der Waals surface area contributed by atoms with E-state index in [-0.39, 0.29) is 29.7 Å². The van der Waals surface area contributed by atoms with E-state index >= 15 is 0 Å². The second-order valence-corrected chi connectivity index (χ2v) is 7.65. The van der Waals surface area contributed by atoms with Crippen LogP contribution in [0.2, 0.25) is 0 Å². The van der Waals surface area contributed by atoms with Gasteiger partial charge in [-0.1, -0.05) is 30.3 Å². The number of para-hydroxylation sites is 1. The maximum atomic E-state index is 14.3. The van der Waals surface area contributed by atoms with E-state index in [9.17, 15) is 14.0 Å². The van der Waals surface area contributed by atoms with Gasteiger partial charge in [0.15, 0.2) is 0 Å². The molecule has 0 radical (unpaired) electrons. The molecule has 8 nitrogen and oxygen atoms in total. The van der Waals surface area contributed by atoms with Gasteiger partial charge in [-0.05, 0) is 30.7 Å². The number of rotatable bonds is 3. The Morgan fingerprint density at radius 1 is 1.25 bits per heavy atom. The number of aromatic nitrogens is 2. The number of amides is 1. The summed E-state index contributed by atoms with van der Waals surface area (Å²) in [6.45, 7) is 1.91. The van der Waals surface area contributed by atoms with Gasteiger partial charge in [0.1, 0.15) is 16.8 Å². The first kappa shape index (κ1) is 19.8. The summed E-state index contributed by atoms with van der Waals surface area (Å²) in [5, 5.41) is 6.97. The average molecular weight is 434 g/mol. The molecule has 162 valence electrons. The molecule has 1 aromatic heterocycles. The summed E-state index contributed by atoms with van der Waals surface area (Å²) in [7, 11) is 1.22. The van der Waals surface area contributed by atoms with Crippen LogP contribution in [-0.4, -0.2) is 29.2 Å². The van der Waals surface area contributed by atoms with Crippen LogP contribution in [0.15, 0.2) is 60.0 Å². The van der Waals surface area contributed by atoms with Gasteiger partial charge in [-0.15, -0.1) is 5.10 Å². The first-order chi connectivity index (χ1) is 15.4. The molecule has 0 bridgehead atoms. The molecular formula is C23H19FN4O4. The van der Waals surface area contributed by atoms with E-state index in [1.807, 2.05) is 0 Å². The van der Waals surface area contributed by atoms with Gasteiger partial charge >= 0.3 is 5.97 Å². The number of carbonyl (C=O) groups is 2. The number of nitrogens with zero attached hydrogens (tertiary/aromatic N) is 2. The van der Waals surface area contributed by atoms with Gasteiger partial charge in [-0.2, -0.15) is 0 Å². The zero-order chi connectivity index (χ0) is 22.6. The zero-order valence-electron chi connectivity index (χ0n) is 17.3. The Labute approximate surface area is 182 Å². The van der Waals surface area contributed by atoms with Crippen LogP contribution in [0.3, 0.4) is 0 Å². The lowest BCUT2D eigenvalue weighted by molar-refractivity contribution is -0.138. The molecule has 0 aliphatic carbocycles. The SMILES string of the molecule is COC(=O)C1=C(N)Oc2n[nH]c(C)c2[C@@]12C(=O)N(Cc1ccc(F)cc1)c1ccccc12. The molecule has 3 N–H and O–H groups in total. The molecule has 1 amide bonds. The van der Waals surface area contributed by atoms with E-state index in [1.54, 1.807) is 48.2 Å². The molecule has 3 aromatic rings. The topological polar surface area (TPSA) is 111 Å². The lowest BCUT2D eigenvalue weighted by Gasteiger charge is -2.34. The highest BCUT2D eigenvalue weighted by Crippen LogP contribution is 2.56. The number of aromatic amines is 1. The number of hydrogen-bond donors (Lipinski definition) is 2. The highest BCUT2D eigenvalue weighted by atomic mass is 19.1. The van der Waals surface area contributed by atoms with Gasteiger partial charge in [0.05, 0.1) is 19.2 Å². The number of aryl methyl sites for hydroxylation is 1. The number of nitrogens with two attached hydrogens (primary N) is 1. The molecule has 3 heterocycles. The maximum Gasteiger partial charge on any atom is 0.340 e. The molecule has 0 saturated heterocycles. The molecule has 2 aliphatic rings. The highest BCUT2D eigenvalue weighted by Gasteiger charge is 2.62. The average Bonchev–Trinajstić information content (AvgIpc) is 3.27. The van der Waals surface area contributed by atoms with Crippen molar-refractivity contribution in [3.05, 3.63) is 88.2 Å². The quantitative estimate of drug-likeness (QED) is 0.613. The minimum absolute atomic E-state index is 0.101. The normalized spacial score (nSPS) is 19.1. The minimum Gasteiger partial charge on any atom is -0.465 e. The van der Waals surface area contributed by atoms with Crippen molar-refractivity contribution < 1.29 is 23.5 Å². The predicted molar refractivity (Wildman–Crippen MR) is 112 cm³/mol. The molecule has 2 aromatic carbocycles. The van der Waals surface area contributed by atoms with Gasteiger partial charge in [0.25, 0.3) is 0 Å². The molecule has 0 saturated carbocycles. The number of anilines is 1. The van der Waals surface area contributed by atoms with Crippen LogP contribution >= 0.6 is 0 Å². The molecular weight excluding hydrogens is 415 g/mol. The van der Waals surface area contributed by atoms with E-state index in [1.165, 1.54) is 19.2 Å². The minimum atomic E-state index is -1.60. The van der Waals surface area contributed by atoms with Crippen LogP contribution in [0.25, 0.3) is 0 Å². The van der Waals surface area contributed by atoms with E-state index < -0.39 is 17.3 Å². The molecule has 0 fully saturated rings. The van der Waals surface area contributed by atoms with Gasteiger partial charge in [-0.25, -0.2) is 9.18 Å². The van der Waals surface area contributed by atoms with Gasteiger partial charge in [-0.3, -0.25) is 9.89 Å². The molecule has 0 unspecified atom stereocenters. The van der Waals surface area contributed by atoms with Gasteiger partial charge < -0.3 is 20.1 Å². The Morgan fingerprint density at radius 3 is 2.69 bits per heavy atom. The predicted octanol–water partition coefficient (Wildman–Crippen LogP) is 2.43. The summed E-state index contributed by atoms with van der Waals surface area (Å²) < 4.78 is 24.0. The van der Waals surface area contributed by atoms with Gasteiger partial charge in [0.2, 0.25) is 17.7 Å². The van der Waals surface area contributed by atoms with Crippen LogP contribution in [0, 0.1) is 12.7 Å². The number of methoxy groups -OCH3 is 1. The number of ether oxygens (including phenoxy) is 2. The third-order valence-corrected chi connectivity index (χ3v) is 5.93. The standard InChI is InChI=1S/C23H19FN4O4/c1-12-17-20(27-26-12)32-19(25)18(21(29)31-2)23(17)15-5-3-4-6-16(15)28(22(23)30)11-13-7-9-14(24)10-8-13/h3-10H,11,25H2,1-2H3,(H,26,27)/t23-/m1/s1. The molecule has 1 spiro atoms. The number of H-pyrrole nitrogens is 1. The van der Waals surface area contributed by atoms with Crippen molar-refractivity contribution in [3.8, 4) is 5.88 Å². The van der Waals surface area contributed by atoms with Crippen molar-refractivity contribution in [2.75, 3.05) is 12.0 Å². The number of hydrogen-bond acceptors (Lipinski definition) is 6. The third kappa shape index (κ3) is 2.51. The van der Waals surface area contributed by atoms with Crippen LogP contribution in [0.1, 0.15) is 22.4 Å². The van der Waals surface area contributed by atoms with Crippen molar-refractivity contribution in [1.29, 1.82) is 0 Å². The van der Waals surface area contributed by atoms with Crippen LogP contribution in [0.4, 0.5) is 10.1 Å². The zero-order valence-corrected chi connectivity index (χ0v) is 17.3. The number of carbonyl (C=O) groups excluding carboxylic acids is 2. The number of benzene rings is 2. The lowest BCUT2D eigenvalue weighted by Crippen LogP contribution is -2.48. The first-order valence-corrected chi connectivity index (χ1v) is 9.87. The van der Waals surface area contributed by atoms with Gasteiger partial charge in [0, 0.05) is 16.9 Å². The molecule has 9 heteroatoms. The number of nitrogens with one attached hydrogen (secondary N) is 1. The number of fused-ring (bicyclic) bond motifs is 4. The summed E-state index contributed by atoms with van der Waals surface area (Å²) >= 11 is 0. The number of halogens is 1. The summed E-state index contributed by atoms with van der Waals surface area (Å²) in [4.78, 5) is 28.8. The van der Waals surface area contributed by atoms with Crippen molar-refractivity contribution in [1.82, 2.24) is 10.2 Å². The Balaban J connectivity index is 1.79. The Morgan fingerprint density at radius 2 is 1.97 bits per heavy atom. The van der Waals surface area contributed by atoms with E-state index in [2.05, 4.69) is 10.2 Å². The van der Waals surface area contributed by atoms with Crippen molar-refractivity contribution in [3.63, 3.8) is 0 Å². The Bertz CT molecular complexity index is 1300. The van der Waals surface area contributed by atoms with Crippen molar-refractivity contribution in [2.24, 2.45) is 5.73 Å². The van der Waals surface area contributed by atoms with Crippen LogP contribution in [-0.2, 0) is 26.3 Å². The van der Waals surface area contributed by atoms with Crippen LogP contribution < -0.4 is 15.4 Å². The lowest BCUT2D eigenvalue weighted by atomic mass is 9.68. The van der Waals surface area contributed by atoms with Crippen LogP contribution in [0.5, 0.6) is 5.88 Å². The fourth-order valence-electron chi connectivity index (χ4n) is 4.61. The summed E-state index contributed by atoms with van der Waals surface area (Å²) in [6, 6.07) is 13.0.